The van der Waals surface area contributed by atoms with Crippen LogP contribution in [-0.4, -0.2) is 25.0 Å². The lowest BCUT2D eigenvalue weighted by atomic mass is 10.1. The topological polar surface area (TPSA) is 58.4 Å². The first-order valence-corrected chi connectivity index (χ1v) is 7.49. The number of benzene rings is 1. The van der Waals surface area contributed by atoms with Crippen LogP contribution in [0, 0.1) is 5.82 Å². The van der Waals surface area contributed by atoms with E-state index in [1.54, 1.807) is 11.0 Å². The Morgan fingerprint density at radius 3 is 2.71 bits per heavy atom. The van der Waals surface area contributed by atoms with Crippen LogP contribution in [0.2, 0.25) is 0 Å². The Bertz CT molecular complexity index is 463. The maximum atomic E-state index is 14.3. The third kappa shape index (κ3) is 5.71. The third-order valence-electron chi connectivity index (χ3n) is 3.22. The van der Waals surface area contributed by atoms with Gasteiger partial charge < -0.3 is 16.0 Å². The van der Waals surface area contributed by atoms with Gasteiger partial charge in [-0.05, 0) is 18.1 Å². The van der Waals surface area contributed by atoms with Crippen LogP contribution in [-0.2, 0) is 11.3 Å². The van der Waals surface area contributed by atoms with Gasteiger partial charge in [0, 0.05) is 19.1 Å². The van der Waals surface area contributed by atoms with Crippen LogP contribution in [0.3, 0.4) is 0 Å². The maximum Gasteiger partial charge on any atom is 0.236 e. The Balaban J connectivity index is 3.05. The molecule has 0 bridgehead atoms. The van der Waals surface area contributed by atoms with Gasteiger partial charge >= 0.3 is 0 Å². The molecule has 0 fully saturated rings. The van der Waals surface area contributed by atoms with E-state index in [1.807, 2.05) is 19.9 Å². The van der Waals surface area contributed by atoms with Crippen LogP contribution < -0.4 is 16.0 Å². The SMILES string of the molecule is CCCCN(CC(N)=O)c1c(F)cccc1CNC(C)C. The molecule has 3 N–H and O–H groups in total. The number of para-hydroxylation sites is 1. The molecule has 0 saturated heterocycles. The number of hydrogen-bond donors (Lipinski definition) is 2. The van der Waals surface area contributed by atoms with Gasteiger partial charge in [-0.2, -0.15) is 0 Å². The predicted octanol–water partition coefficient (Wildman–Crippen LogP) is 2.42. The highest BCUT2D eigenvalue weighted by molar-refractivity contribution is 5.80. The van der Waals surface area contributed by atoms with Crippen molar-refractivity contribution >= 4 is 11.6 Å². The molecule has 1 aromatic rings. The molecule has 0 aliphatic carbocycles. The summed E-state index contributed by atoms with van der Waals surface area (Å²) in [7, 11) is 0. The van der Waals surface area contributed by atoms with Crippen molar-refractivity contribution in [1.29, 1.82) is 0 Å². The van der Waals surface area contributed by atoms with E-state index in [0.29, 0.717) is 24.8 Å². The van der Waals surface area contributed by atoms with Crippen molar-refractivity contribution in [2.45, 2.75) is 46.2 Å². The van der Waals surface area contributed by atoms with Gasteiger partial charge in [0.05, 0.1) is 12.2 Å². The van der Waals surface area contributed by atoms with Crippen LogP contribution in [0.1, 0.15) is 39.2 Å². The molecule has 0 unspecified atom stereocenters. The van der Waals surface area contributed by atoms with Crippen LogP contribution in [0.15, 0.2) is 18.2 Å². The molecule has 0 aliphatic rings. The second-order valence-corrected chi connectivity index (χ2v) is 5.52. The highest BCUT2D eigenvalue weighted by atomic mass is 19.1. The molecule has 21 heavy (non-hydrogen) atoms. The summed E-state index contributed by atoms with van der Waals surface area (Å²) < 4.78 is 14.3. The second-order valence-electron chi connectivity index (χ2n) is 5.52. The van der Waals surface area contributed by atoms with E-state index >= 15 is 0 Å². The molecule has 4 nitrogen and oxygen atoms in total. The number of rotatable bonds is 9. The van der Waals surface area contributed by atoms with Crippen molar-refractivity contribution in [3.63, 3.8) is 0 Å². The van der Waals surface area contributed by atoms with E-state index in [1.165, 1.54) is 6.07 Å². The molecule has 5 heteroatoms. The zero-order chi connectivity index (χ0) is 15.8. The largest absolute Gasteiger partial charge is 0.368 e. The summed E-state index contributed by atoms with van der Waals surface area (Å²) in [5, 5.41) is 3.28. The zero-order valence-corrected chi connectivity index (χ0v) is 13.2. The monoisotopic (exact) mass is 295 g/mol. The Hall–Kier alpha value is -1.62. The van der Waals surface area contributed by atoms with Gasteiger partial charge in [0.15, 0.2) is 0 Å². The lowest BCUT2D eigenvalue weighted by Gasteiger charge is -2.26. The number of primary amides is 1. The van der Waals surface area contributed by atoms with Crippen LogP contribution >= 0.6 is 0 Å². The minimum Gasteiger partial charge on any atom is -0.368 e. The number of carbonyl (C=O) groups is 1. The Labute approximate surface area is 126 Å². The van der Waals surface area contributed by atoms with Crippen LogP contribution in [0.5, 0.6) is 0 Å². The molecule has 0 radical (unpaired) electrons. The number of halogens is 1. The molecular weight excluding hydrogens is 269 g/mol. The van der Waals surface area contributed by atoms with Crippen LogP contribution in [0.4, 0.5) is 10.1 Å². The Morgan fingerprint density at radius 1 is 1.43 bits per heavy atom. The number of hydrogen-bond acceptors (Lipinski definition) is 3. The molecule has 0 spiro atoms. The average Bonchev–Trinajstić information content (AvgIpc) is 2.41. The first kappa shape index (κ1) is 17.4. The number of anilines is 1. The summed E-state index contributed by atoms with van der Waals surface area (Å²) in [6, 6.07) is 5.31. The van der Waals surface area contributed by atoms with E-state index in [9.17, 15) is 9.18 Å². The van der Waals surface area contributed by atoms with Gasteiger partial charge in [0.1, 0.15) is 5.82 Å². The summed E-state index contributed by atoms with van der Waals surface area (Å²) in [6.45, 7) is 7.36. The fourth-order valence-electron chi connectivity index (χ4n) is 2.18. The van der Waals surface area contributed by atoms with E-state index in [2.05, 4.69) is 12.2 Å². The number of nitrogens with zero attached hydrogens (tertiary/aromatic N) is 1. The minimum atomic E-state index is -0.447. The van der Waals surface area contributed by atoms with Crippen molar-refractivity contribution in [2.75, 3.05) is 18.0 Å². The maximum absolute atomic E-state index is 14.3. The molecule has 0 aliphatic heterocycles. The number of amides is 1. The van der Waals surface area contributed by atoms with E-state index < -0.39 is 5.91 Å². The minimum absolute atomic E-state index is 0.0373. The quantitative estimate of drug-likeness (QED) is 0.735. The summed E-state index contributed by atoms with van der Waals surface area (Å²) in [6.07, 6.45) is 1.86. The molecule has 0 heterocycles. The number of nitrogens with one attached hydrogen (secondary N) is 1. The third-order valence-corrected chi connectivity index (χ3v) is 3.22. The molecule has 1 rings (SSSR count). The lowest BCUT2D eigenvalue weighted by Crippen LogP contribution is -2.36. The number of nitrogens with two attached hydrogens (primary N) is 1. The standard InChI is InChI=1S/C16H26FN3O/c1-4-5-9-20(11-15(18)21)16-13(10-19-12(2)3)7-6-8-14(16)17/h6-8,12,19H,4-5,9-11H2,1-3H3,(H2,18,21). The lowest BCUT2D eigenvalue weighted by molar-refractivity contribution is -0.116. The molecule has 0 atom stereocenters. The first-order chi connectivity index (χ1) is 9.95. The molecule has 118 valence electrons. The smallest absolute Gasteiger partial charge is 0.236 e. The van der Waals surface area contributed by atoms with Crippen molar-refractivity contribution in [3.8, 4) is 0 Å². The Kier molecular flexibility index (Phi) is 7.15. The summed E-state index contributed by atoms with van der Waals surface area (Å²) in [5.74, 6) is -0.757. The van der Waals surface area contributed by atoms with Crippen molar-refractivity contribution in [3.05, 3.63) is 29.6 Å². The molecular formula is C16H26FN3O. The van der Waals surface area contributed by atoms with Gasteiger partial charge in [0.25, 0.3) is 0 Å². The number of unbranched alkanes of at least 4 members (excludes halogenated alkanes) is 1. The van der Waals surface area contributed by atoms with Crippen molar-refractivity contribution in [1.82, 2.24) is 5.32 Å². The van der Waals surface area contributed by atoms with Gasteiger partial charge in [-0.25, -0.2) is 4.39 Å². The summed E-state index contributed by atoms with van der Waals surface area (Å²) >= 11 is 0. The van der Waals surface area contributed by atoms with Gasteiger partial charge in [-0.15, -0.1) is 0 Å². The predicted molar refractivity (Wildman–Crippen MR) is 84.7 cm³/mol. The molecule has 1 aromatic carbocycles. The highest BCUT2D eigenvalue weighted by Gasteiger charge is 2.17. The van der Waals surface area contributed by atoms with Crippen molar-refractivity contribution < 1.29 is 9.18 Å². The summed E-state index contributed by atoms with van der Waals surface area (Å²) in [4.78, 5) is 13.0. The first-order valence-electron chi connectivity index (χ1n) is 7.49. The molecule has 0 aromatic heterocycles. The highest BCUT2D eigenvalue weighted by Crippen LogP contribution is 2.25. The zero-order valence-electron chi connectivity index (χ0n) is 13.2. The van der Waals surface area contributed by atoms with E-state index in [0.717, 1.165) is 18.4 Å². The van der Waals surface area contributed by atoms with E-state index in [-0.39, 0.29) is 12.4 Å². The van der Waals surface area contributed by atoms with Crippen LogP contribution in [0.25, 0.3) is 0 Å². The fourth-order valence-corrected chi connectivity index (χ4v) is 2.18. The number of carbonyl (C=O) groups excluding carboxylic acids is 1. The summed E-state index contributed by atoms with van der Waals surface area (Å²) in [5.41, 5.74) is 6.64. The molecule has 1 amide bonds. The van der Waals surface area contributed by atoms with Gasteiger partial charge in [-0.1, -0.05) is 39.3 Å². The second kappa shape index (κ2) is 8.62. The average molecular weight is 295 g/mol. The van der Waals surface area contributed by atoms with Gasteiger partial charge in [0.2, 0.25) is 5.91 Å². The van der Waals surface area contributed by atoms with Crippen molar-refractivity contribution in [2.24, 2.45) is 5.73 Å². The van der Waals surface area contributed by atoms with E-state index in [4.69, 9.17) is 5.73 Å². The van der Waals surface area contributed by atoms with Gasteiger partial charge in [-0.3, -0.25) is 4.79 Å². The Morgan fingerprint density at radius 2 is 2.14 bits per heavy atom. The molecule has 0 saturated carbocycles. The normalized spacial score (nSPS) is 10.9. The fraction of sp³-hybridized carbons (Fsp3) is 0.562.